The van der Waals surface area contributed by atoms with Crippen molar-refractivity contribution in [2.24, 2.45) is 5.92 Å². The molecular formula is C13H22N2O. The van der Waals surface area contributed by atoms with Crippen LogP contribution in [0.5, 0.6) is 0 Å². The Morgan fingerprint density at radius 2 is 1.94 bits per heavy atom. The Labute approximate surface area is 98.2 Å². The molecule has 3 heteroatoms. The molecule has 3 nitrogen and oxygen atoms in total. The highest BCUT2D eigenvalue weighted by molar-refractivity contribution is 4.94. The third-order valence-electron chi connectivity index (χ3n) is 3.81. The van der Waals surface area contributed by atoms with Crippen molar-refractivity contribution in [3.05, 3.63) is 0 Å². The number of nitrogens with one attached hydrogen (secondary N) is 1. The first-order valence-electron chi connectivity index (χ1n) is 6.65. The van der Waals surface area contributed by atoms with Gasteiger partial charge in [0.25, 0.3) is 0 Å². The van der Waals surface area contributed by atoms with Gasteiger partial charge in [0, 0.05) is 19.2 Å². The first-order chi connectivity index (χ1) is 7.90. The van der Waals surface area contributed by atoms with Crippen LogP contribution in [0.15, 0.2) is 0 Å². The molecule has 16 heavy (non-hydrogen) atoms. The third-order valence-corrected chi connectivity index (χ3v) is 3.81. The molecule has 1 heterocycles. The van der Waals surface area contributed by atoms with Crippen molar-refractivity contribution >= 4 is 0 Å². The first kappa shape index (κ1) is 11.9. The first-order valence-corrected chi connectivity index (χ1v) is 6.65. The average molecular weight is 222 g/mol. The van der Waals surface area contributed by atoms with Crippen molar-refractivity contribution in [1.82, 2.24) is 5.32 Å². The largest absolute Gasteiger partial charge is 0.377 e. The second-order valence-corrected chi connectivity index (χ2v) is 5.02. The van der Waals surface area contributed by atoms with Gasteiger partial charge in [-0.05, 0) is 32.1 Å². The van der Waals surface area contributed by atoms with Crippen molar-refractivity contribution in [3.63, 3.8) is 0 Å². The summed E-state index contributed by atoms with van der Waals surface area (Å²) in [5.41, 5.74) is 0. The van der Waals surface area contributed by atoms with Gasteiger partial charge >= 0.3 is 0 Å². The van der Waals surface area contributed by atoms with Gasteiger partial charge in [-0.15, -0.1) is 0 Å². The van der Waals surface area contributed by atoms with Crippen LogP contribution in [-0.2, 0) is 4.74 Å². The van der Waals surface area contributed by atoms with E-state index in [1.807, 2.05) is 0 Å². The molecule has 1 saturated heterocycles. The summed E-state index contributed by atoms with van der Waals surface area (Å²) in [6.45, 7) is 1.85. The molecular weight excluding hydrogens is 200 g/mol. The molecule has 1 aliphatic heterocycles. The van der Waals surface area contributed by atoms with Gasteiger partial charge < -0.3 is 10.1 Å². The van der Waals surface area contributed by atoms with Gasteiger partial charge in [-0.25, -0.2) is 0 Å². The Kier molecular flexibility index (Phi) is 4.62. The van der Waals surface area contributed by atoms with Gasteiger partial charge in [0.1, 0.15) is 0 Å². The summed E-state index contributed by atoms with van der Waals surface area (Å²) < 4.78 is 5.69. The molecule has 0 radical (unpaired) electrons. The van der Waals surface area contributed by atoms with Crippen LogP contribution in [0, 0.1) is 17.2 Å². The number of nitrogens with zero attached hydrogens (tertiary/aromatic N) is 1. The topological polar surface area (TPSA) is 45.0 Å². The second kappa shape index (κ2) is 6.22. The Morgan fingerprint density at radius 3 is 2.69 bits per heavy atom. The number of hydrogen-bond acceptors (Lipinski definition) is 3. The van der Waals surface area contributed by atoms with E-state index in [0.717, 1.165) is 26.0 Å². The zero-order valence-corrected chi connectivity index (χ0v) is 9.95. The second-order valence-electron chi connectivity index (χ2n) is 5.02. The van der Waals surface area contributed by atoms with Crippen LogP contribution in [0.4, 0.5) is 0 Å². The van der Waals surface area contributed by atoms with E-state index in [4.69, 9.17) is 10.00 Å². The minimum absolute atomic E-state index is 0.220. The van der Waals surface area contributed by atoms with Gasteiger partial charge in [0.2, 0.25) is 0 Å². The summed E-state index contributed by atoms with van der Waals surface area (Å²) in [6, 6.07) is 2.85. The van der Waals surface area contributed by atoms with Crippen LogP contribution in [0.1, 0.15) is 44.9 Å². The van der Waals surface area contributed by atoms with E-state index in [2.05, 4.69) is 11.4 Å². The summed E-state index contributed by atoms with van der Waals surface area (Å²) in [5.74, 6) is 0.220. The molecule has 90 valence electrons. The molecule has 3 atom stereocenters. The van der Waals surface area contributed by atoms with Crippen LogP contribution in [0.2, 0.25) is 0 Å². The predicted molar refractivity (Wildman–Crippen MR) is 63.0 cm³/mol. The molecule has 1 N–H and O–H groups in total. The van der Waals surface area contributed by atoms with Crippen LogP contribution in [0.3, 0.4) is 0 Å². The minimum atomic E-state index is 0.220. The fraction of sp³-hybridized carbons (Fsp3) is 0.923. The zero-order chi connectivity index (χ0) is 11.2. The van der Waals surface area contributed by atoms with Gasteiger partial charge in [0.15, 0.2) is 0 Å². The van der Waals surface area contributed by atoms with E-state index in [9.17, 15) is 0 Å². The van der Waals surface area contributed by atoms with E-state index in [1.54, 1.807) is 0 Å². The molecule has 1 aliphatic carbocycles. The lowest BCUT2D eigenvalue weighted by molar-refractivity contribution is 0.0139. The maximum absolute atomic E-state index is 9.08. The number of hydrogen-bond donors (Lipinski definition) is 1. The third kappa shape index (κ3) is 3.20. The quantitative estimate of drug-likeness (QED) is 0.796. The van der Waals surface area contributed by atoms with E-state index >= 15 is 0 Å². The molecule has 2 rings (SSSR count). The van der Waals surface area contributed by atoms with Crippen molar-refractivity contribution in [1.29, 1.82) is 5.26 Å². The monoisotopic (exact) mass is 222 g/mol. The van der Waals surface area contributed by atoms with Crippen molar-refractivity contribution in [2.75, 3.05) is 13.2 Å². The van der Waals surface area contributed by atoms with Gasteiger partial charge in [-0.1, -0.05) is 12.8 Å². The Morgan fingerprint density at radius 1 is 1.12 bits per heavy atom. The van der Waals surface area contributed by atoms with Crippen molar-refractivity contribution < 1.29 is 4.74 Å². The molecule has 0 aromatic heterocycles. The molecule has 0 amide bonds. The molecule has 2 aliphatic rings. The molecule has 0 aromatic carbocycles. The SMILES string of the molecule is N#CC1CCCCC1NCC1CCCCO1. The van der Waals surface area contributed by atoms with Crippen molar-refractivity contribution in [3.8, 4) is 6.07 Å². The van der Waals surface area contributed by atoms with Gasteiger partial charge in [-0.2, -0.15) is 5.26 Å². The molecule has 1 saturated carbocycles. The standard InChI is InChI=1S/C13H22N2O/c14-9-11-5-1-2-7-13(11)15-10-12-6-3-4-8-16-12/h11-13,15H,1-8,10H2. The maximum Gasteiger partial charge on any atom is 0.0699 e. The van der Waals surface area contributed by atoms with Crippen LogP contribution < -0.4 is 5.32 Å². The summed E-state index contributed by atoms with van der Waals surface area (Å²) in [4.78, 5) is 0. The normalized spacial score (nSPS) is 35.6. The van der Waals surface area contributed by atoms with E-state index in [-0.39, 0.29) is 5.92 Å². The molecule has 3 unspecified atom stereocenters. The lowest BCUT2D eigenvalue weighted by atomic mass is 9.85. The van der Waals surface area contributed by atoms with Gasteiger partial charge in [-0.3, -0.25) is 0 Å². The highest BCUT2D eigenvalue weighted by Crippen LogP contribution is 2.24. The number of rotatable bonds is 3. The van der Waals surface area contributed by atoms with Crippen LogP contribution in [0.25, 0.3) is 0 Å². The highest BCUT2D eigenvalue weighted by atomic mass is 16.5. The summed E-state index contributed by atoms with van der Waals surface area (Å²) in [5, 5.41) is 12.6. The summed E-state index contributed by atoms with van der Waals surface area (Å²) in [7, 11) is 0. The molecule has 0 aromatic rings. The summed E-state index contributed by atoms with van der Waals surface area (Å²) >= 11 is 0. The van der Waals surface area contributed by atoms with E-state index in [1.165, 1.54) is 32.1 Å². The van der Waals surface area contributed by atoms with E-state index in [0.29, 0.717) is 12.1 Å². The lowest BCUT2D eigenvalue weighted by Gasteiger charge is -2.30. The average Bonchev–Trinajstić information content (AvgIpc) is 2.38. The minimum Gasteiger partial charge on any atom is -0.377 e. The molecule has 0 spiro atoms. The zero-order valence-electron chi connectivity index (χ0n) is 9.95. The van der Waals surface area contributed by atoms with Crippen LogP contribution >= 0.6 is 0 Å². The van der Waals surface area contributed by atoms with Crippen LogP contribution in [-0.4, -0.2) is 25.3 Å². The Bertz CT molecular complexity index is 243. The fourth-order valence-corrected chi connectivity index (χ4v) is 2.78. The Hall–Kier alpha value is -0.590. The number of ether oxygens (including phenoxy) is 1. The predicted octanol–water partition coefficient (Wildman–Crippen LogP) is 2.23. The highest BCUT2D eigenvalue weighted by Gasteiger charge is 2.25. The summed E-state index contributed by atoms with van der Waals surface area (Å²) in [6.07, 6.45) is 8.77. The molecule has 0 bridgehead atoms. The van der Waals surface area contributed by atoms with Gasteiger partial charge in [0.05, 0.1) is 18.1 Å². The van der Waals surface area contributed by atoms with E-state index < -0.39 is 0 Å². The Balaban J connectivity index is 1.73. The lowest BCUT2D eigenvalue weighted by Crippen LogP contribution is -2.43. The van der Waals surface area contributed by atoms with Crippen molar-refractivity contribution in [2.45, 2.75) is 57.1 Å². The fourth-order valence-electron chi connectivity index (χ4n) is 2.78. The maximum atomic E-state index is 9.08. The number of nitriles is 1. The molecule has 2 fully saturated rings. The smallest absolute Gasteiger partial charge is 0.0699 e.